The van der Waals surface area contributed by atoms with Crippen molar-refractivity contribution in [3.8, 4) is 6.07 Å². The van der Waals surface area contributed by atoms with Crippen LogP contribution in [0, 0.1) is 11.3 Å². The van der Waals surface area contributed by atoms with Gasteiger partial charge in [-0.05, 0) is 30.5 Å². The first-order chi connectivity index (χ1) is 10.1. The van der Waals surface area contributed by atoms with Gasteiger partial charge in [0, 0.05) is 19.7 Å². The number of nitrogens with zero attached hydrogens (tertiary/aromatic N) is 2. The molecule has 2 rings (SSSR count). The minimum absolute atomic E-state index is 0.0498. The molecule has 1 heterocycles. The first-order valence-electron chi connectivity index (χ1n) is 7.24. The van der Waals surface area contributed by atoms with E-state index in [1.165, 1.54) is 0 Å². The van der Waals surface area contributed by atoms with Crippen LogP contribution in [0.5, 0.6) is 0 Å². The van der Waals surface area contributed by atoms with E-state index in [1.807, 2.05) is 19.1 Å². The molecule has 1 aromatic rings. The van der Waals surface area contributed by atoms with E-state index in [0.29, 0.717) is 38.3 Å². The van der Waals surface area contributed by atoms with Crippen molar-refractivity contribution in [2.24, 2.45) is 5.73 Å². The van der Waals surface area contributed by atoms with Gasteiger partial charge in [0.1, 0.15) is 5.54 Å². The minimum Gasteiger partial charge on any atom is -0.379 e. The molecule has 1 unspecified atom stereocenters. The SMILES string of the molecule is CCCN(Cc1ccc(C#N)cc1)C(=O)C1(N)CCOC1. The Morgan fingerprint density at radius 1 is 1.48 bits per heavy atom. The van der Waals surface area contributed by atoms with Gasteiger partial charge in [0.05, 0.1) is 18.2 Å². The Balaban J connectivity index is 2.11. The summed E-state index contributed by atoms with van der Waals surface area (Å²) < 4.78 is 5.28. The number of rotatable bonds is 5. The molecule has 112 valence electrons. The van der Waals surface area contributed by atoms with Gasteiger partial charge in [-0.3, -0.25) is 4.79 Å². The molecular formula is C16H21N3O2. The second kappa shape index (κ2) is 6.70. The van der Waals surface area contributed by atoms with Gasteiger partial charge in [-0.1, -0.05) is 19.1 Å². The number of ether oxygens (including phenoxy) is 1. The molecule has 2 N–H and O–H groups in total. The number of hydrogen-bond donors (Lipinski definition) is 1. The molecular weight excluding hydrogens is 266 g/mol. The van der Waals surface area contributed by atoms with E-state index in [0.717, 1.165) is 12.0 Å². The lowest BCUT2D eigenvalue weighted by Crippen LogP contribution is -2.55. The molecule has 0 spiro atoms. The molecule has 5 heteroatoms. The van der Waals surface area contributed by atoms with Crippen LogP contribution in [0.15, 0.2) is 24.3 Å². The fourth-order valence-electron chi connectivity index (χ4n) is 2.49. The van der Waals surface area contributed by atoms with Gasteiger partial charge >= 0.3 is 0 Å². The van der Waals surface area contributed by atoms with E-state index >= 15 is 0 Å². The van der Waals surface area contributed by atoms with E-state index in [1.54, 1.807) is 17.0 Å². The quantitative estimate of drug-likeness (QED) is 0.888. The Kier molecular flexibility index (Phi) is 4.94. The van der Waals surface area contributed by atoms with Gasteiger partial charge in [0.2, 0.25) is 5.91 Å². The molecule has 1 fully saturated rings. The number of amides is 1. The van der Waals surface area contributed by atoms with E-state index in [2.05, 4.69) is 6.07 Å². The standard InChI is InChI=1S/C16H21N3O2/c1-2-8-19(15(20)16(18)7-9-21-12-16)11-14-5-3-13(10-17)4-6-14/h3-6H,2,7-9,11-12,18H2,1H3. The van der Waals surface area contributed by atoms with Crippen LogP contribution in [0.1, 0.15) is 30.9 Å². The maximum Gasteiger partial charge on any atom is 0.245 e. The number of nitriles is 1. The Morgan fingerprint density at radius 2 is 2.19 bits per heavy atom. The van der Waals surface area contributed by atoms with Crippen LogP contribution in [0.25, 0.3) is 0 Å². The predicted molar refractivity (Wildman–Crippen MR) is 79.2 cm³/mol. The van der Waals surface area contributed by atoms with Crippen molar-refractivity contribution >= 4 is 5.91 Å². The van der Waals surface area contributed by atoms with Crippen molar-refractivity contribution in [2.75, 3.05) is 19.8 Å². The summed E-state index contributed by atoms with van der Waals surface area (Å²) in [5.41, 5.74) is 6.90. The van der Waals surface area contributed by atoms with Crippen molar-refractivity contribution in [3.63, 3.8) is 0 Å². The first kappa shape index (κ1) is 15.5. The van der Waals surface area contributed by atoms with E-state index in [9.17, 15) is 4.79 Å². The number of carbonyl (C=O) groups is 1. The largest absolute Gasteiger partial charge is 0.379 e. The average molecular weight is 287 g/mol. The number of carbonyl (C=O) groups excluding carboxylic acids is 1. The molecule has 21 heavy (non-hydrogen) atoms. The van der Waals surface area contributed by atoms with Gasteiger partial charge in [-0.2, -0.15) is 5.26 Å². The second-order valence-corrected chi connectivity index (χ2v) is 5.49. The van der Waals surface area contributed by atoms with Gasteiger partial charge in [-0.15, -0.1) is 0 Å². The highest BCUT2D eigenvalue weighted by Gasteiger charge is 2.40. The molecule has 1 aliphatic heterocycles. The molecule has 0 aromatic heterocycles. The molecule has 1 amide bonds. The lowest BCUT2D eigenvalue weighted by Gasteiger charge is -2.30. The van der Waals surface area contributed by atoms with Crippen molar-refractivity contribution in [1.29, 1.82) is 5.26 Å². The summed E-state index contributed by atoms with van der Waals surface area (Å²) in [7, 11) is 0. The van der Waals surface area contributed by atoms with E-state index in [-0.39, 0.29) is 5.91 Å². The monoisotopic (exact) mass is 287 g/mol. The Labute approximate surface area is 125 Å². The second-order valence-electron chi connectivity index (χ2n) is 5.49. The lowest BCUT2D eigenvalue weighted by molar-refractivity contribution is -0.137. The maximum absolute atomic E-state index is 12.7. The average Bonchev–Trinajstić information content (AvgIpc) is 2.95. The third-order valence-electron chi connectivity index (χ3n) is 3.72. The summed E-state index contributed by atoms with van der Waals surface area (Å²) in [6.07, 6.45) is 1.44. The van der Waals surface area contributed by atoms with E-state index < -0.39 is 5.54 Å². The third-order valence-corrected chi connectivity index (χ3v) is 3.72. The van der Waals surface area contributed by atoms with Crippen LogP contribution < -0.4 is 5.73 Å². The summed E-state index contributed by atoms with van der Waals surface area (Å²) in [5.74, 6) is -0.0498. The topological polar surface area (TPSA) is 79.4 Å². The van der Waals surface area contributed by atoms with Gasteiger partial charge < -0.3 is 15.4 Å². The van der Waals surface area contributed by atoms with Crippen LogP contribution in [-0.4, -0.2) is 36.1 Å². The highest BCUT2D eigenvalue weighted by Crippen LogP contribution is 2.20. The van der Waals surface area contributed by atoms with Crippen LogP contribution in [0.4, 0.5) is 0 Å². The van der Waals surface area contributed by atoms with Crippen LogP contribution in [0.2, 0.25) is 0 Å². The van der Waals surface area contributed by atoms with E-state index in [4.69, 9.17) is 15.7 Å². The third kappa shape index (κ3) is 3.60. The molecule has 1 aromatic carbocycles. The highest BCUT2D eigenvalue weighted by atomic mass is 16.5. The normalized spacial score (nSPS) is 21.0. The summed E-state index contributed by atoms with van der Waals surface area (Å²) in [6.45, 7) is 4.04. The molecule has 5 nitrogen and oxygen atoms in total. The lowest BCUT2D eigenvalue weighted by atomic mass is 9.97. The molecule has 0 radical (unpaired) electrons. The van der Waals surface area contributed by atoms with Crippen LogP contribution >= 0.6 is 0 Å². The van der Waals surface area contributed by atoms with Crippen molar-refractivity contribution in [1.82, 2.24) is 4.90 Å². The first-order valence-corrected chi connectivity index (χ1v) is 7.24. The van der Waals surface area contributed by atoms with Gasteiger partial charge in [-0.25, -0.2) is 0 Å². The highest BCUT2D eigenvalue weighted by molar-refractivity contribution is 5.86. The maximum atomic E-state index is 12.7. The zero-order chi connectivity index (χ0) is 15.3. The van der Waals surface area contributed by atoms with Crippen molar-refractivity contribution in [2.45, 2.75) is 31.8 Å². The molecule has 0 bridgehead atoms. The fourth-order valence-corrected chi connectivity index (χ4v) is 2.49. The molecule has 1 saturated heterocycles. The number of nitrogens with two attached hydrogens (primary N) is 1. The molecule has 0 aliphatic carbocycles. The van der Waals surface area contributed by atoms with Crippen molar-refractivity contribution < 1.29 is 9.53 Å². The summed E-state index contributed by atoms with van der Waals surface area (Å²) in [6, 6.07) is 9.37. The number of benzene rings is 1. The van der Waals surface area contributed by atoms with Gasteiger partial charge in [0.25, 0.3) is 0 Å². The smallest absolute Gasteiger partial charge is 0.245 e. The molecule has 1 aliphatic rings. The van der Waals surface area contributed by atoms with Crippen LogP contribution in [0.3, 0.4) is 0 Å². The minimum atomic E-state index is -0.887. The summed E-state index contributed by atoms with van der Waals surface area (Å²) >= 11 is 0. The number of hydrogen-bond acceptors (Lipinski definition) is 4. The Morgan fingerprint density at radius 3 is 2.71 bits per heavy atom. The summed E-state index contributed by atoms with van der Waals surface area (Å²) in [4.78, 5) is 14.4. The summed E-state index contributed by atoms with van der Waals surface area (Å²) in [5, 5.41) is 8.82. The predicted octanol–water partition coefficient (Wildman–Crippen LogP) is 1.41. The molecule has 0 saturated carbocycles. The Hall–Kier alpha value is -1.90. The zero-order valence-corrected chi connectivity index (χ0v) is 12.3. The van der Waals surface area contributed by atoms with Crippen LogP contribution in [-0.2, 0) is 16.1 Å². The molecule has 1 atom stereocenters. The van der Waals surface area contributed by atoms with Gasteiger partial charge in [0.15, 0.2) is 0 Å². The van der Waals surface area contributed by atoms with Crippen molar-refractivity contribution in [3.05, 3.63) is 35.4 Å². The Bertz CT molecular complexity index is 527. The fraction of sp³-hybridized carbons (Fsp3) is 0.500. The zero-order valence-electron chi connectivity index (χ0n) is 12.3.